The fourth-order valence-corrected chi connectivity index (χ4v) is 0.254. The molecule has 0 atom stereocenters. The second-order valence-corrected chi connectivity index (χ2v) is 1.15. The summed E-state index contributed by atoms with van der Waals surface area (Å²) in [5, 5.41) is 0. The van der Waals surface area contributed by atoms with Crippen molar-refractivity contribution in [2.75, 3.05) is 0 Å². The lowest BCUT2D eigenvalue weighted by molar-refractivity contribution is 1.50. The molecule has 0 aromatic heterocycles. The van der Waals surface area contributed by atoms with Crippen molar-refractivity contribution >= 4 is 0 Å². The Morgan fingerprint density at radius 2 is 1.27 bits per heavy atom. The highest BCUT2D eigenvalue weighted by atomic mass is 13.6. The first-order valence-electron chi connectivity index (χ1n) is 4.32. The van der Waals surface area contributed by atoms with Crippen LogP contribution in [0.25, 0.3) is 0 Å². The van der Waals surface area contributed by atoms with Gasteiger partial charge in [0, 0.05) is 0 Å². The fourth-order valence-electron chi connectivity index (χ4n) is 0.254. The Bertz CT molecular complexity index is 86.2. The maximum Gasteiger partial charge on any atom is -0.0467 e. The number of hydrogen-bond acceptors (Lipinski definition) is 0. The van der Waals surface area contributed by atoms with E-state index in [-0.39, 0.29) is 0 Å². The van der Waals surface area contributed by atoms with Gasteiger partial charge < -0.3 is 0 Å². The largest absolute Gasteiger partial charge is 0.0991 e. The summed E-state index contributed by atoms with van der Waals surface area (Å²) in [6.07, 6.45) is 9.51. The van der Waals surface area contributed by atoms with E-state index in [9.17, 15) is 0 Å². The lowest BCUT2D eigenvalue weighted by atomic mass is 10.4. The maximum atomic E-state index is 3.51. The third-order valence-corrected chi connectivity index (χ3v) is 0.551. The molecule has 0 fully saturated rings. The second kappa shape index (κ2) is 35.0. The Morgan fingerprint density at radius 1 is 0.818 bits per heavy atom. The molecule has 0 spiro atoms. The number of hydrogen-bond donors (Lipinski definition) is 0. The molecular formula is C11H22. The lowest BCUT2D eigenvalue weighted by Gasteiger charge is -1.65. The quantitative estimate of drug-likeness (QED) is 0.518. The zero-order valence-electron chi connectivity index (χ0n) is 8.59. The molecule has 0 saturated heterocycles. The molecule has 0 aliphatic carbocycles. The molecule has 11 heavy (non-hydrogen) atoms. The molecule has 0 saturated carbocycles. The van der Waals surface area contributed by atoms with Crippen LogP contribution in [0.4, 0.5) is 0 Å². The molecule has 0 aromatic carbocycles. The summed E-state index contributed by atoms with van der Waals surface area (Å²) in [5.41, 5.74) is 0. The van der Waals surface area contributed by atoms with Crippen molar-refractivity contribution in [3.63, 3.8) is 0 Å². The van der Waals surface area contributed by atoms with Gasteiger partial charge in [-0.3, -0.25) is 0 Å². The van der Waals surface area contributed by atoms with Crippen molar-refractivity contribution in [1.29, 1.82) is 0 Å². The van der Waals surface area contributed by atoms with Gasteiger partial charge in [-0.1, -0.05) is 64.7 Å². The Morgan fingerprint density at radius 3 is 1.55 bits per heavy atom. The first-order chi connectivity index (χ1) is 5.41. The normalized spacial score (nSPS) is 8.09. The molecule has 0 heteroatoms. The van der Waals surface area contributed by atoms with E-state index in [2.05, 4.69) is 6.58 Å². The summed E-state index contributed by atoms with van der Waals surface area (Å²) in [6.45, 7) is 13.5. The van der Waals surface area contributed by atoms with Gasteiger partial charge in [-0.05, 0) is 6.92 Å². The molecule has 0 rings (SSSR count). The van der Waals surface area contributed by atoms with Crippen molar-refractivity contribution in [1.82, 2.24) is 0 Å². The molecule has 0 heterocycles. The Balaban J connectivity index is -0.000000138. The van der Waals surface area contributed by atoms with E-state index in [1.807, 2.05) is 58.9 Å². The van der Waals surface area contributed by atoms with Crippen molar-refractivity contribution in [2.45, 2.75) is 34.6 Å². The summed E-state index contributed by atoms with van der Waals surface area (Å²) >= 11 is 0. The van der Waals surface area contributed by atoms with Gasteiger partial charge in [0.05, 0.1) is 0 Å². The van der Waals surface area contributed by atoms with Crippen LogP contribution in [0.15, 0.2) is 37.0 Å². The van der Waals surface area contributed by atoms with Crippen molar-refractivity contribution in [3.8, 4) is 0 Å². The molecule has 66 valence electrons. The van der Waals surface area contributed by atoms with Crippen LogP contribution in [0.5, 0.6) is 0 Å². The minimum Gasteiger partial charge on any atom is -0.0991 e. The second-order valence-electron chi connectivity index (χ2n) is 1.15. The van der Waals surface area contributed by atoms with Crippen molar-refractivity contribution < 1.29 is 0 Å². The summed E-state index contributed by atoms with van der Waals surface area (Å²) in [7, 11) is 0. The summed E-state index contributed by atoms with van der Waals surface area (Å²) < 4.78 is 0. The van der Waals surface area contributed by atoms with Crippen LogP contribution in [0, 0.1) is 0 Å². The van der Waals surface area contributed by atoms with Crippen molar-refractivity contribution in [3.05, 3.63) is 37.0 Å². The van der Waals surface area contributed by atoms with Gasteiger partial charge in [0.25, 0.3) is 0 Å². The Hall–Kier alpha value is -0.780. The van der Waals surface area contributed by atoms with Gasteiger partial charge in [-0.2, -0.15) is 0 Å². The molecule has 0 aliphatic heterocycles. The topological polar surface area (TPSA) is 0 Å². The van der Waals surface area contributed by atoms with Gasteiger partial charge in [-0.25, -0.2) is 0 Å². The molecule has 0 amide bonds. The van der Waals surface area contributed by atoms with Crippen LogP contribution in [-0.4, -0.2) is 0 Å². The molecule has 0 aromatic rings. The maximum absolute atomic E-state index is 3.51. The monoisotopic (exact) mass is 154 g/mol. The molecule has 0 nitrogen and oxygen atoms in total. The molecule has 0 radical (unpaired) electrons. The average molecular weight is 154 g/mol. The smallest absolute Gasteiger partial charge is 0.0467 e. The van der Waals surface area contributed by atoms with Gasteiger partial charge in [0.1, 0.15) is 0 Å². The highest BCUT2D eigenvalue weighted by Gasteiger charge is 1.52. The summed E-state index contributed by atoms with van der Waals surface area (Å²) in [4.78, 5) is 0. The lowest BCUT2D eigenvalue weighted by Crippen LogP contribution is -1.43. The van der Waals surface area contributed by atoms with Gasteiger partial charge >= 0.3 is 0 Å². The van der Waals surface area contributed by atoms with E-state index in [4.69, 9.17) is 0 Å². The third kappa shape index (κ3) is 46.4. The molecule has 0 unspecified atom stereocenters. The van der Waals surface area contributed by atoms with Crippen LogP contribution >= 0.6 is 0 Å². The van der Waals surface area contributed by atoms with Crippen LogP contribution in [0.3, 0.4) is 0 Å². The average Bonchev–Trinajstić information content (AvgIpc) is 2.13. The van der Waals surface area contributed by atoms with Crippen LogP contribution in [0.1, 0.15) is 34.6 Å². The van der Waals surface area contributed by atoms with Gasteiger partial charge in [0.2, 0.25) is 0 Å². The minimum absolute atomic E-state index is 1.75. The molecule has 0 aliphatic rings. The van der Waals surface area contributed by atoms with E-state index in [1.165, 1.54) is 0 Å². The number of rotatable bonds is 2. The van der Waals surface area contributed by atoms with E-state index in [0.717, 1.165) is 0 Å². The zero-order chi connectivity index (χ0) is 9.54. The van der Waals surface area contributed by atoms with Crippen LogP contribution in [-0.2, 0) is 0 Å². The summed E-state index contributed by atoms with van der Waals surface area (Å²) in [5.74, 6) is 0. The predicted molar refractivity (Wildman–Crippen MR) is 56.8 cm³/mol. The van der Waals surface area contributed by atoms with Gasteiger partial charge in [-0.15, -0.1) is 0 Å². The Kier molecular flexibility index (Phi) is 53.0. The van der Waals surface area contributed by atoms with Crippen LogP contribution in [0.2, 0.25) is 0 Å². The van der Waals surface area contributed by atoms with Crippen LogP contribution < -0.4 is 0 Å². The van der Waals surface area contributed by atoms with Gasteiger partial charge in [0.15, 0.2) is 0 Å². The predicted octanol–water partition coefficient (Wildman–Crippen LogP) is 4.36. The Labute approximate surface area is 72.3 Å². The first kappa shape index (κ1) is 16.7. The van der Waals surface area contributed by atoms with E-state index < -0.39 is 0 Å². The number of allylic oxidation sites excluding steroid dienone is 5. The third-order valence-electron chi connectivity index (χ3n) is 0.551. The fraction of sp³-hybridized carbons (Fsp3) is 0.455. The molecule has 0 bridgehead atoms. The highest BCUT2D eigenvalue weighted by Crippen LogP contribution is 1.74. The molecular weight excluding hydrogens is 132 g/mol. The highest BCUT2D eigenvalue weighted by molar-refractivity contribution is 5.07. The first-order valence-corrected chi connectivity index (χ1v) is 4.32. The SMILES string of the molecule is C=C/C=C\C=C/C.CC.CC. The van der Waals surface area contributed by atoms with Crippen molar-refractivity contribution in [2.24, 2.45) is 0 Å². The van der Waals surface area contributed by atoms with E-state index >= 15 is 0 Å². The zero-order valence-corrected chi connectivity index (χ0v) is 8.59. The minimum atomic E-state index is 1.75. The summed E-state index contributed by atoms with van der Waals surface area (Å²) in [6, 6.07) is 0. The standard InChI is InChI=1S/C7H10.2C2H6/c1-3-5-7-6-4-2;2*1-2/h3-7H,1H2,2H3;2*1-2H3/b6-4-,7-5-;;. The van der Waals surface area contributed by atoms with E-state index in [0.29, 0.717) is 0 Å². The molecule has 0 N–H and O–H groups in total. The van der Waals surface area contributed by atoms with E-state index in [1.54, 1.807) is 6.08 Å².